The van der Waals surface area contributed by atoms with Crippen LogP contribution in [-0.2, 0) is 4.79 Å². The Labute approximate surface area is 126 Å². The van der Waals surface area contributed by atoms with Gasteiger partial charge in [0, 0.05) is 9.26 Å². The number of halogens is 1. The van der Waals surface area contributed by atoms with Gasteiger partial charge in [0.15, 0.2) is 0 Å². The van der Waals surface area contributed by atoms with Crippen molar-refractivity contribution in [3.8, 4) is 0 Å². The summed E-state index contributed by atoms with van der Waals surface area (Å²) in [6.07, 6.45) is 0. The van der Waals surface area contributed by atoms with Crippen LogP contribution in [0.3, 0.4) is 0 Å². The lowest BCUT2D eigenvalue weighted by atomic mass is 10.1. The average molecular weight is 366 g/mol. The van der Waals surface area contributed by atoms with E-state index in [0.717, 1.165) is 20.4 Å². The van der Waals surface area contributed by atoms with Crippen LogP contribution in [0, 0.1) is 10.5 Å². The molecule has 3 nitrogen and oxygen atoms in total. The first kappa shape index (κ1) is 14.0. The van der Waals surface area contributed by atoms with Gasteiger partial charge in [-0.25, -0.2) is 0 Å². The maximum Gasteiger partial charge on any atom is 0.245 e. The van der Waals surface area contributed by atoms with Crippen molar-refractivity contribution < 1.29 is 4.79 Å². The summed E-state index contributed by atoms with van der Waals surface area (Å²) in [4.78, 5) is 12.1. The molecule has 98 valence electrons. The van der Waals surface area contributed by atoms with Gasteiger partial charge in [-0.05, 0) is 53.3 Å². The summed E-state index contributed by atoms with van der Waals surface area (Å²) in [5, 5.41) is 2.83. The molecule has 1 amide bonds. The number of anilines is 1. The lowest BCUT2D eigenvalue weighted by Gasteiger charge is -2.13. The summed E-state index contributed by atoms with van der Waals surface area (Å²) in [5.74, 6) is -0.203. The molecule has 0 aliphatic heterocycles. The monoisotopic (exact) mass is 366 g/mol. The maximum atomic E-state index is 12.1. The van der Waals surface area contributed by atoms with Gasteiger partial charge in [0.05, 0.1) is 0 Å². The molecule has 19 heavy (non-hydrogen) atoms. The van der Waals surface area contributed by atoms with Crippen molar-refractivity contribution in [1.82, 2.24) is 0 Å². The molecular formula is C15H15IN2O. The number of carbonyl (C=O) groups is 1. The average Bonchev–Trinajstić information content (AvgIpc) is 2.39. The molecule has 1 unspecified atom stereocenters. The molecule has 0 spiro atoms. The molecule has 0 fully saturated rings. The number of hydrogen-bond donors (Lipinski definition) is 2. The molecule has 1 atom stereocenters. The first-order valence-electron chi connectivity index (χ1n) is 5.95. The number of amides is 1. The Kier molecular flexibility index (Phi) is 4.55. The van der Waals surface area contributed by atoms with E-state index in [1.165, 1.54) is 0 Å². The van der Waals surface area contributed by atoms with Gasteiger partial charge in [-0.15, -0.1) is 0 Å². The number of nitrogens with two attached hydrogens (primary N) is 1. The molecule has 0 bridgehead atoms. The number of carbonyl (C=O) groups excluding carboxylic acids is 1. The molecule has 0 aromatic heterocycles. The summed E-state index contributed by atoms with van der Waals surface area (Å²) >= 11 is 2.20. The maximum absolute atomic E-state index is 12.1. The molecule has 0 radical (unpaired) electrons. The highest BCUT2D eigenvalue weighted by Crippen LogP contribution is 2.16. The van der Waals surface area contributed by atoms with Gasteiger partial charge in [-0.3, -0.25) is 4.79 Å². The van der Waals surface area contributed by atoms with E-state index < -0.39 is 6.04 Å². The Morgan fingerprint density at radius 1 is 1.21 bits per heavy atom. The van der Waals surface area contributed by atoms with Crippen molar-refractivity contribution in [2.45, 2.75) is 13.0 Å². The summed E-state index contributed by atoms with van der Waals surface area (Å²) in [7, 11) is 0. The zero-order valence-electron chi connectivity index (χ0n) is 10.6. The molecule has 3 N–H and O–H groups in total. The van der Waals surface area contributed by atoms with Gasteiger partial charge in [0.2, 0.25) is 5.91 Å². The second-order valence-corrected chi connectivity index (χ2v) is 5.63. The first-order chi connectivity index (χ1) is 9.06. The van der Waals surface area contributed by atoms with Gasteiger partial charge in [0.1, 0.15) is 6.04 Å². The van der Waals surface area contributed by atoms with Crippen molar-refractivity contribution >= 4 is 34.2 Å². The van der Waals surface area contributed by atoms with Crippen molar-refractivity contribution in [1.29, 1.82) is 0 Å². The lowest BCUT2D eigenvalue weighted by molar-refractivity contribution is -0.117. The highest BCUT2D eigenvalue weighted by atomic mass is 127. The molecule has 2 aromatic rings. The van der Waals surface area contributed by atoms with Crippen molar-refractivity contribution in [2.75, 3.05) is 5.32 Å². The highest BCUT2D eigenvalue weighted by molar-refractivity contribution is 14.1. The Balaban J connectivity index is 2.09. The molecule has 0 aliphatic carbocycles. The number of rotatable bonds is 3. The highest BCUT2D eigenvalue weighted by Gasteiger charge is 2.15. The molecule has 0 saturated heterocycles. The minimum atomic E-state index is -0.654. The van der Waals surface area contributed by atoms with E-state index in [-0.39, 0.29) is 5.91 Å². The summed E-state index contributed by atoms with van der Waals surface area (Å²) in [6, 6.07) is 14.6. The Hall–Kier alpha value is -1.40. The van der Waals surface area contributed by atoms with E-state index >= 15 is 0 Å². The van der Waals surface area contributed by atoms with E-state index in [4.69, 9.17) is 5.73 Å². The van der Waals surface area contributed by atoms with Crippen LogP contribution in [0.2, 0.25) is 0 Å². The number of hydrogen-bond acceptors (Lipinski definition) is 2. The fraction of sp³-hybridized carbons (Fsp3) is 0.133. The van der Waals surface area contributed by atoms with Crippen molar-refractivity contribution in [3.05, 3.63) is 63.2 Å². The third kappa shape index (κ3) is 3.78. The zero-order valence-corrected chi connectivity index (χ0v) is 12.7. The standard InChI is InChI=1S/C15H15IN2O/c1-10-5-7-11(8-6-10)14(17)15(19)18-13-4-2-3-12(16)9-13/h2-9,14H,17H2,1H3,(H,18,19). The molecule has 0 heterocycles. The van der Waals surface area contributed by atoms with E-state index in [9.17, 15) is 4.79 Å². The van der Waals surface area contributed by atoms with Crippen LogP contribution in [0.5, 0.6) is 0 Å². The minimum absolute atomic E-state index is 0.203. The number of benzene rings is 2. The fourth-order valence-electron chi connectivity index (χ4n) is 1.71. The van der Waals surface area contributed by atoms with Crippen LogP contribution >= 0.6 is 22.6 Å². The van der Waals surface area contributed by atoms with Gasteiger partial charge < -0.3 is 11.1 Å². The fourth-order valence-corrected chi connectivity index (χ4v) is 2.25. The van der Waals surface area contributed by atoms with Crippen molar-refractivity contribution in [2.24, 2.45) is 5.73 Å². The minimum Gasteiger partial charge on any atom is -0.324 e. The normalized spacial score (nSPS) is 11.9. The second-order valence-electron chi connectivity index (χ2n) is 4.39. The van der Waals surface area contributed by atoms with E-state index in [1.807, 2.05) is 55.5 Å². The van der Waals surface area contributed by atoms with E-state index in [2.05, 4.69) is 27.9 Å². The number of aryl methyl sites for hydroxylation is 1. The second kappa shape index (κ2) is 6.16. The van der Waals surface area contributed by atoms with E-state index in [1.54, 1.807) is 0 Å². The topological polar surface area (TPSA) is 55.1 Å². The van der Waals surface area contributed by atoms with Gasteiger partial charge in [-0.2, -0.15) is 0 Å². The van der Waals surface area contributed by atoms with Gasteiger partial charge >= 0.3 is 0 Å². The van der Waals surface area contributed by atoms with Crippen LogP contribution in [-0.4, -0.2) is 5.91 Å². The zero-order chi connectivity index (χ0) is 13.8. The Morgan fingerprint density at radius 3 is 2.53 bits per heavy atom. The molecule has 2 aromatic carbocycles. The van der Waals surface area contributed by atoms with Crippen LogP contribution in [0.25, 0.3) is 0 Å². The van der Waals surface area contributed by atoms with Gasteiger partial charge in [0.25, 0.3) is 0 Å². The van der Waals surface area contributed by atoms with Crippen LogP contribution in [0.1, 0.15) is 17.2 Å². The smallest absolute Gasteiger partial charge is 0.245 e. The first-order valence-corrected chi connectivity index (χ1v) is 7.03. The Morgan fingerprint density at radius 2 is 1.89 bits per heavy atom. The molecule has 2 rings (SSSR count). The van der Waals surface area contributed by atoms with Crippen LogP contribution in [0.15, 0.2) is 48.5 Å². The quantitative estimate of drug-likeness (QED) is 0.820. The summed E-state index contributed by atoms with van der Waals surface area (Å²) < 4.78 is 1.07. The molecule has 0 saturated carbocycles. The van der Waals surface area contributed by atoms with Gasteiger partial charge in [-0.1, -0.05) is 35.9 Å². The summed E-state index contributed by atoms with van der Waals surface area (Å²) in [5.41, 5.74) is 8.68. The lowest BCUT2D eigenvalue weighted by Crippen LogP contribution is -2.27. The predicted octanol–water partition coefficient (Wildman–Crippen LogP) is 3.24. The SMILES string of the molecule is Cc1ccc(C(N)C(=O)Nc2cccc(I)c2)cc1. The third-order valence-corrected chi connectivity index (χ3v) is 3.48. The Bertz CT molecular complexity index is 581. The number of nitrogens with one attached hydrogen (secondary N) is 1. The molecule has 0 aliphatic rings. The van der Waals surface area contributed by atoms with Crippen LogP contribution < -0.4 is 11.1 Å². The largest absolute Gasteiger partial charge is 0.324 e. The predicted molar refractivity (Wildman–Crippen MR) is 85.9 cm³/mol. The van der Waals surface area contributed by atoms with Crippen LogP contribution in [0.4, 0.5) is 5.69 Å². The third-order valence-electron chi connectivity index (χ3n) is 2.81. The molecular weight excluding hydrogens is 351 g/mol. The van der Waals surface area contributed by atoms with E-state index in [0.29, 0.717) is 0 Å². The molecule has 4 heteroatoms. The van der Waals surface area contributed by atoms with Crippen molar-refractivity contribution in [3.63, 3.8) is 0 Å². The summed E-state index contributed by atoms with van der Waals surface area (Å²) in [6.45, 7) is 2.00.